The highest BCUT2D eigenvalue weighted by molar-refractivity contribution is 5.79. The van der Waals surface area contributed by atoms with Gasteiger partial charge in [0.1, 0.15) is 6.61 Å². The van der Waals surface area contributed by atoms with E-state index in [0.29, 0.717) is 18.5 Å². The molecule has 3 fully saturated rings. The van der Waals surface area contributed by atoms with Gasteiger partial charge in [0.15, 0.2) is 11.6 Å². The van der Waals surface area contributed by atoms with Crippen LogP contribution in [0.4, 0.5) is 32.3 Å². The predicted molar refractivity (Wildman–Crippen MR) is 135 cm³/mol. The van der Waals surface area contributed by atoms with E-state index in [4.69, 9.17) is 10.5 Å². The Morgan fingerprint density at radius 2 is 2.00 bits per heavy atom. The van der Waals surface area contributed by atoms with E-state index in [2.05, 4.69) is 42.8 Å². The highest BCUT2D eigenvalue weighted by atomic mass is 19.1. The number of anilines is 4. The largest absolute Gasteiger partial charge is 0.445 e. The summed E-state index contributed by atoms with van der Waals surface area (Å²) < 4.78 is 20.5. The second-order valence-electron chi connectivity index (χ2n) is 10.5. The van der Waals surface area contributed by atoms with E-state index in [0.717, 1.165) is 43.6 Å². The Hall–Kier alpha value is -3.67. The molecule has 37 heavy (non-hydrogen) atoms. The predicted octanol–water partition coefficient (Wildman–Crippen LogP) is 1.64. The van der Waals surface area contributed by atoms with Crippen LogP contribution in [-0.4, -0.2) is 72.2 Å². The van der Waals surface area contributed by atoms with E-state index in [1.807, 2.05) is 18.2 Å². The van der Waals surface area contributed by atoms with Crippen LogP contribution >= 0.6 is 0 Å². The molecule has 3 heterocycles. The normalized spacial score (nSPS) is 29.3. The number of hydrogen-bond acceptors (Lipinski definition) is 9. The van der Waals surface area contributed by atoms with Crippen molar-refractivity contribution in [2.24, 2.45) is 23.5 Å². The maximum Gasteiger partial charge on any atom is 0.407 e. The number of piperazine rings is 1. The van der Waals surface area contributed by atoms with Crippen LogP contribution in [0.1, 0.15) is 18.4 Å². The number of likely N-dealkylation sites (N-methyl/N-ethyl adjacent to an activating group) is 1. The number of fused-ring (bicyclic) bond motifs is 5. The number of amides is 2. The third kappa shape index (κ3) is 4.50. The zero-order valence-electron chi connectivity index (χ0n) is 20.6. The first-order chi connectivity index (χ1) is 17.9. The lowest BCUT2D eigenvalue weighted by Gasteiger charge is -2.35. The number of rotatable bonds is 2. The quantitative estimate of drug-likeness (QED) is 0.475. The van der Waals surface area contributed by atoms with Crippen molar-refractivity contribution in [2.45, 2.75) is 31.5 Å². The highest BCUT2D eigenvalue weighted by Crippen LogP contribution is 2.49. The van der Waals surface area contributed by atoms with Crippen LogP contribution in [0.2, 0.25) is 0 Å². The number of cyclic esters (lactones) is 1. The number of alkyl carbamates (subject to hydrolysis) is 1. The third-order valence-corrected chi connectivity index (χ3v) is 8.22. The number of primary amides is 1. The number of halogens is 1. The summed E-state index contributed by atoms with van der Waals surface area (Å²) in [6, 6.07) is 5.11. The Labute approximate surface area is 213 Å². The fourth-order valence-electron chi connectivity index (χ4n) is 6.42. The average molecular weight is 511 g/mol. The lowest BCUT2D eigenvalue weighted by molar-refractivity contribution is -0.123. The summed E-state index contributed by atoms with van der Waals surface area (Å²) in [6.07, 6.45) is 1.90. The van der Waals surface area contributed by atoms with Crippen LogP contribution in [-0.2, 0) is 16.1 Å². The summed E-state index contributed by atoms with van der Waals surface area (Å²) in [4.78, 5) is 38.2. The van der Waals surface area contributed by atoms with Gasteiger partial charge in [0.25, 0.3) is 0 Å². The lowest BCUT2D eigenvalue weighted by atomic mass is 9.81. The molecule has 1 aromatic carbocycles. The summed E-state index contributed by atoms with van der Waals surface area (Å²) in [5, 5.41) is 9.24. The molecule has 5 atom stereocenters. The molecule has 2 aromatic rings. The molecule has 0 spiro atoms. The first-order valence-electron chi connectivity index (χ1n) is 12.7. The van der Waals surface area contributed by atoms with Gasteiger partial charge in [-0.3, -0.25) is 4.79 Å². The molecule has 2 aliphatic heterocycles. The van der Waals surface area contributed by atoms with Crippen LogP contribution < -0.4 is 26.6 Å². The molecule has 0 unspecified atom stereocenters. The van der Waals surface area contributed by atoms with Gasteiger partial charge >= 0.3 is 6.09 Å². The number of nitrogens with one attached hydrogen (secondary N) is 3. The molecule has 4 aliphatic rings. The molecule has 5 N–H and O–H groups in total. The number of aromatic nitrogens is 2. The Bertz CT molecular complexity index is 1220. The smallest absolute Gasteiger partial charge is 0.407 e. The average Bonchev–Trinajstić information content (AvgIpc) is 3.43. The Morgan fingerprint density at radius 3 is 2.78 bits per heavy atom. The number of ether oxygens (including phenoxy) is 1. The molecular formula is C25H31FN8O3. The summed E-state index contributed by atoms with van der Waals surface area (Å²) in [5.41, 5.74) is 8.26. The lowest BCUT2D eigenvalue weighted by Crippen LogP contribution is -2.51. The monoisotopic (exact) mass is 510 g/mol. The Morgan fingerprint density at radius 1 is 1.19 bits per heavy atom. The Kier molecular flexibility index (Phi) is 5.98. The molecule has 11 nitrogen and oxygen atoms in total. The maximum atomic E-state index is 14.8. The first kappa shape index (κ1) is 23.7. The third-order valence-electron chi connectivity index (χ3n) is 8.22. The highest BCUT2D eigenvalue weighted by Gasteiger charge is 2.55. The maximum absolute atomic E-state index is 14.8. The molecule has 1 saturated heterocycles. The van der Waals surface area contributed by atoms with Crippen molar-refractivity contribution >= 4 is 35.1 Å². The molecular weight excluding hydrogens is 479 g/mol. The minimum atomic E-state index is -0.629. The standard InChI is InChI=1S/C25H31FN8O3/c1-33-4-6-34(7-5-33)19-3-2-15-8-14(19)12-37-25(36)30-18-10-13-9-16(18)21(20(13)22(27)35)31-23-17(26)11-28-24(29-15)32-23/h2-3,8,11,13,16,18,20-21H,4-7,9-10,12H2,1H3,(H2,27,35)(H,30,36)(H2,28,29,31,32)/t13-,16+,18+,20-,21+/m0/s1. The summed E-state index contributed by atoms with van der Waals surface area (Å²) in [5.74, 6) is -1.48. The van der Waals surface area contributed by atoms with Crippen LogP contribution in [0.25, 0.3) is 0 Å². The van der Waals surface area contributed by atoms with Crippen molar-refractivity contribution in [3.05, 3.63) is 35.8 Å². The number of hydrogen-bond donors (Lipinski definition) is 4. The van der Waals surface area contributed by atoms with E-state index < -0.39 is 29.8 Å². The van der Waals surface area contributed by atoms with Crippen LogP contribution in [0.15, 0.2) is 24.4 Å². The minimum Gasteiger partial charge on any atom is -0.445 e. The molecule has 12 heteroatoms. The summed E-state index contributed by atoms with van der Waals surface area (Å²) >= 11 is 0. The molecule has 2 aliphatic carbocycles. The fraction of sp³-hybridized carbons (Fsp3) is 0.520. The van der Waals surface area contributed by atoms with Crippen molar-refractivity contribution in [2.75, 3.05) is 48.8 Å². The van der Waals surface area contributed by atoms with Crippen LogP contribution in [0, 0.1) is 23.6 Å². The van der Waals surface area contributed by atoms with Gasteiger partial charge in [-0.15, -0.1) is 0 Å². The van der Waals surface area contributed by atoms with E-state index in [-0.39, 0.29) is 36.3 Å². The molecule has 6 bridgehead atoms. The van der Waals surface area contributed by atoms with Crippen molar-refractivity contribution in [3.63, 3.8) is 0 Å². The van der Waals surface area contributed by atoms with Crippen LogP contribution in [0.5, 0.6) is 0 Å². The van der Waals surface area contributed by atoms with E-state index in [1.165, 1.54) is 0 Å². The van der Waals surface area contributed by atoms with E-state index in [9.17, 15) is 14.0 Å². The van der Waals surface area contributed by atoms with Gasteiger partial charge in [0.05, 0.1) is 12.1 Å². The zero-order chi connectivity index (χ0) is 25.7. The zero-order valence-corrected chi connectivity index (χ0v) is 20.6. The van der Waals surface area contributed by atoms with Crippen LogP contribution in [0.3, 0.4) is 0 Å². The Balaban J connectivity index is 1.35. The van der Waals surface area contributed by atoms with Crippen molar-refractivity contribution in [3.8, 4) is 0 Å². The first-order valence-corrected chi connectivity index (χ1v) is 12.7. The minimum absolute atomic E-state index is 0.00761. The van der Waals surface area contributed by atoms with Gasteiger partial charge in [-0.05, 0) is 44.0 Å². The van der Waals surface area contributed by atoms with E-state index in [1.54, 1.807) is 0 Å². The topological polar surface area (TPSA) is 138 Å². The van der Waals surface area contributed by atoms with Gasteiger partial charge in [0.2, 0.25) is 11.9 Å². The number of nitrogens with zero attached hydrogens (tertiary/aromatic N) is 4. The number of carbonyl (C=O) groups excluding carboxylic acids is 2. The van der Waals surface area contributed by atoms with Crippen molar-refractivity contribution < 1.29 is 18.7 Å². The van der Waals surface area contributed by atoms with Gasteiger partial charge in [-0.25, -0.2) is 14.2 Å². The molecule has 1 aromatic heterocycles. The number of nitrogens with two attached hydrogens (primary N) is 1. The van der Waals surface area contributed by atoms with E-state index >= 15 is 0 Å². The number of benzene rings is 1. The summed E-state index contributed by atoms with van der Waals surface area (Å²) in [6.45, 7) is 3.71. The fourth-order valence-corrected chi connectivity index (χ4v) is 6.42. The second kappa shape index (κ2) is 9.33. The second-order valence-corrected chi connectivity index (χ2v) is 10.5. The van der Waals surface area contributed by atoms with Gasteiger partial charge in [-0.1, -0.05) is 0 Å². The molecule has 2 amide bonds. The molecule has 196 valence electrons. The number of carbonyl (C=O) groups is 2. The molecule has 2 saturated carbocycles. The van der Waals surface area contributed by atoms with Gasteiger partial charge in [0, 0.05) is 61.1 Å². The van der Waals surface area contributed by atoms with Crippen molar-refractivity contribution in [1.29, 1.82) is 0 Å². The SMILES string of the molecule is CN1CCN(c2ccc3cc2COC(=O)N[C@@H]2C[C@@H]4C[C@H]2[C@@H](Nc2nc(ncc2F)N3)[C@H]4C(N)=O)CC1. The van der Waals surface area contributed by atoms with Gasteiger partial charge in [-0.2, -0.15) is 4.98 Å². The molecule has 6 rings (SSSR count). The summed E-state index contributed by atoms with van der Waals surface area (Å²) in [7, 11) is 2.10. The molecule has 0 radical (unpaired) electrons. The van der Waals surface area contributed by atoms with Gasteiger partial charge < -0.3 is 36.2 Å². The van der Waals surface area contributed by atoms with Crippen molar-refractivity contribution in [1.82, 2.24) is 20.2 Å².